The van der Waals surface area contributed by atoms with Crippen molar-refractivity contribution in [3.8, 4) is 11.5 Å². The van der Waals surface area contributed by atoms with E-state index in [9.17, 15) is 13.2 Å². The molecule has 0 fully saturated rings. The minimum Gasteiger partial charge on any atom is -0.495 e. The number of aromatic nitrogens is 1. The highest BCUT2D eigenvalue weighted by atomic mass is 32.2. The van der Waals surface area contributed by atoms with Gasteiger partial charge in [0.1, 0.15) is 18.1 Å². The van der Waals surface area contributed by atoms with Crippen LogP contribution in [0.4, 0.5) is 11.4 Å². The van der Waals surface area contributed by atoms with E-state index in [4.69, 9.17) is 9.47 Å². The molecule has 10 heteroatoms. The monoisotopic (exact) mass is 447 g/mol. The number of sulfonamides is 1. The molecule has 0 radical (unpaired) electrons. The van der Waals surface area contributed by atoms with Crippen LogP contribution in [0.15, 0.2) is 47.8 Å². The smallest absolute Gasteiger partial charge is 0.259 e. The van der Waals surface area contributed by atoms with E-state index in [0.29, 0.717) is 22.7 Å². The Hall–Kier alpha value is -3.11. The van der Waals surface area contributed by atoms with E-state index in [0.717, 1.165) is 17.0 Å². The normalized spacial score (nSPS) is 11.0. The van der Waals surface area contributed by atoms with Gasteiger partial charge in [-0.05, 0) is 37.3 Å². The second kappa shape index (κ2) is 9.14. The molecule has 0 unspecified atom stereocenters. The second-order valence-corrected chi connectivity index (χ2v) is 9.20. The summed E-state index contributed by atoms with van der Waals surface area (Å²) in [5.41, 5.74) is 1.76. The number of nitrogens with one attached hydrogen (secondary N) is 2. The first-order valence-corrected chi connectivity index (χ1v) is 11.6. The lowest BCUT2D eigenvalue weighted by molar-refractivity contribution is 0.102. The highest BCUT2D eigenvalue weighted by molar-refractivity contribution is 7.92. The predicted octanol–water partition coefficient (Wildman–Crippen LogP) is 3.66. The maximum Gasteiger partial charge on any atom is 0.259 e. The van der Waals surface area contributed by atoms with E-state index in [-0.39, 0.29) is 12.3 Å². The number of carbonyl (C=O) groups is 1. The molecule has 0 bridgehead atoms. The lowest BCUT2D eigenvalue weighted by Gasteiger charge is -2.14. The van der Waals surface area contributed by atoms with Gasteiger partial charge >= 0.3 is 0 Å². The molecule has 0 saturated carbocycles. The van der Waals surface area contributed by atoms with Gasteiger partial charge in [-0.3, -0.25) is 9.52 Å². The topological polar surface area (TPSA) is 107 Å². The maximum absolute atomic E-state index is 12.8. The van der Waals surface area contributed by atoms with E-state index in [1.807, 2.05) is 12.3 Å². The average Bonchev–Trinajstić information content (AvgIpc) is 3.11. The quantitative estimate of drug-likeness (QED) is 0.546. The van der Waals surface area contributed by atoms with E-state index in [2.05, 4.69) is 15.0 Å². The first-order chi connectivity index (χ1) is 14.2. The van der Waals surface area contributed by atoms with Crippen molar-refractivity contribution in [3.05, 3.63) is 64.1 Å². The van der Waals surface area contributed by atoms with Gasteiger partial charge in [0.25, 0.3) is 5.91 Å². The number of ether oxygens (including phenoxy) is 2. The van der Waals surface area contributed by atoms with E-state index in [1.165, 1.54) is 24.5 Å². The molecule has 1 amide bonds. The summed E-state index contributed by atoms with van der Waals surface area (Å²) in [5, 5.41) is 5.61. The minimum atomic E-state index is -3.51. The number of hydrogen-bond donors (Lipinski definition) is 2. The summed E-state index contributed by atoms with van der Waals surface area (Å²) in [5.74, 6) is 0.361. The summed E-state index contributed by atoms with van der Waals surface area (Å²) in [6.45, 7) is 2.16. The largest absolute Gasteiger partial charge is 0.495 e. The van der Waals surface area contributed by atoms with Gasteiger partial charge in [0.05, 0.1) is 35.3 Å². The third-order valence-corrected chi connectivity index (χ3v) is 5.34. The third-order valence-electron chi connectivity index (χ3n) is 3.93. The maximum atomic E-state index is 12.8. The summed E-state index contributed by atoms with van der Waals surface area (Å²) in [6.07, 6.45) is 1.04. The third kappa shape index (κ3) is 5.71. The van der Waals surface area contributed by atoms with Crippen molar-refractivity contribution in [1.82, 2.24) is 4.98 Å². The molecule has 8 nitrogen and oxygen atoms in total. The number of rotatable bonds is 8. The van der Waals surface area contributed by atoms with Crippen LogP contribution in [0.5, 0.6) is 11.5 Å². The zero-order valence-electron chi connectivity index (χ0n) is 16.6. The standard InChI is InChI=1S/C20H21N3O5S2/c1-13-21-15(12-29-13)11-28-18-7-5-4-6-16(18)20(24)22-14-8-9-19(27-2)17(10-14)23-30(3,25)26/h4-10,12,23H,11H2,1-3H3,(H,22,24). The van der Waals surface area contributed by atoms with E-state index < -0.39 is 15.9 Å². The molecule has 1 aromatic heterocycles. The zero-order valence-corrected chi connectivity index (χ0v) is 18.3. The van der Waals surface area contributed by atoms with Crippen molar-refractivity contribution in [3.63, 3.8) is 0 Å². The number of thiazole rings is 1. The number of aryl methyl sites for hydroxylation is 1. The lowest BCUT2D eigenvalue weighted by atomic mass is 10.1. The number of para-hydroxylation sites is 1. The van der Waals surface area contributed by atoms with Crippen LogP contribution in [-0.4, -0.2) is 32.7 Å². The molecular formula is C20H21N3O5S2. The number of methoxy groups -OCH3 is 1. The fraction of sp³-hybridized carbons (Fsp3) is 0.200. The molecule has 0 saturated heterocycles. The van der Waals surface area contributed by atoms with Gasteiger partial charge in [0, 0.05) is 11.1 Å². The molecule has 1 heterocycles. The Morgan fingerprint density at radius 1 is 1.17 bits per heavy atom. The number of carbonyl (C=O) groups excluding carboxylic acids is 1. The summed E-state index contributed by atoms with van der Waals surface area (Å²) in [4.78, 5) is 17.2. The van der Waals surface area contributed by atoms with Gasteiger partial charge in [-0.2, -0.15) is 0 Å². The molecule has 0 atom stereocenters. The van der Waals surface area contributed by atoms with Crippen LogP contribution in [0.25, 0.3) is 0 Å². The van der Waals surface area contributed by atoms with Crippen LogP contribution in [0.2, 0.25) is 0 Å². The number of hydrogen-bond acceptors (Lipinski definition) is 7. The van der Waals surface area contributed by atoms with Crippen molar-refractivity contribution in [1.29, 1.82) is 0 Å². The van der Waals surface area contributed by atoms with Gasteiger partial charge in [-0.15, -0.1) is 11.3 Å². The summed E-state index contributed by atoms with van der Waals surface area (Å²) in [7, 11) is -2.08. The highest BCUT2D eigenvalue weighted by Gasteiger charge is 2.15. The Kier molecular flexibility index (Phi) is 6.58. The number of anilines is 2. The Morgan fingerprint density at radius 3 is 2.60 bits per heavy atom. The van der Waals surface area contributed by atoms with Crippen LogP contribution in [-0.2, 0) is 16.6 Å². The molecule has 2 N–H and O–H groups in total. The molecule has 0 spiro atoms. The highest BCUT2D eigenvalue weighted by Crippen LogP contribution is 2.29. The molecule has 0 aliphatic rings. The molecule has 3 rings (SSSR count). The Morgan fingerprint density at radius 2 is 1.93 bits per heavy atom. The first-order valence-electron chi connectivity index (χ1n) is 8.85. The van der Waals surface area contributed by atoms with E-state index in [1.54, 1.807) is 36.4 Å². The van der Waals surface area contributed by atoms with Crippen molar-refractivity contribution in [2.24, 2.45) is 0 Å². The van der Waals surface area contributed by atoms with E-state index >= 15 is 0 Å². The number of amides is 1. The van der Waals surface area contributed by atoms with Crippen molar-refractivity contribution in [2.75, 3.05) is 23.4 Å². The minimum absolute atomic E-state index is 0.223. The second-order valence-electron chi connectivity index (χ2n) is 6.39. The number of nitrogens with zero attached hydrogens (tertiary/aromatic N) is 1. The van der Waals surface area contributed by atoms with Crippen LogP contribution < -0.4 is 19.5 Å². The number of benzene rings is 2. The molecule has 2 aromatic carbocycles. The molecule has 30 heavy (non-hydrogen) atoms. The zero-order chi connectivity index (χ0) is 21.7. The molecule has 0 aliphatic carbocycles. The van der Waals surface area contributed by atoms with Crippen LogP contribution >= 0.6 is 11.3 Å². The van der Waals surface area contributed by atoms with Crippen LogP contribution in [0, 0.1) is 6.92 Å². The van der Waals surface area contributed by atoms with Gasteiger partial charge in [0.2, 0.25) is 10.0 Å². The summed E-state index contributed by atoms with van der Waals surface area (Å²) < 4.78 is 36.5. The molecule has 0 aliphatic heterocycles. The summed E-state index contributed by atoms with van der Waals surface area (Å²) >= 11 is 1.53. The fourth-order valence-corrected chi connectivity index (χ4v) is 3.83. The van der Waals surface area contributed by atoms with Gasteiger partial charge < -0.3 is 14.8 Å². The lowest BCUT2D eigenvalue weighted by Crippen LogP contribution is -2.15. The SMILES string of the molecule is COc1ccc(NC(=O)c2ccccc2OCc2csc(C)n2)cc1NS(C)(=O)=O. The Labute approximate surface area is 178 Å². The molecule has 158 valence electrons. The fourth-order valence-electron chi connectivity index (χ4n) is 2.67. The van der Waals surface area contributed by atoms with Gasteiger partial charge in [-0.25, -0.2) is 13.4 Å². The van der Waals surface area contributed by atoms with Crippen molar-refractivity contribution < 1.29 is 22.7 Å². The van der Waals surface area contributed by atoms with Gasteiger partial charge in [0.15, 0.2) is 0 Å². The van der Waals surface area contributed by atoms with Gasteiger partial charge in [-0.1, -0.05) is 12.1 Å². The molecular weight excluding hydrogens is 426 g/mol. The molecule has 3 aromatic rings. The predicted molar refractivity (Wildman–Crippen MR) is 117 cm³/mol. The Balaban J connectivity index is 1.78. The van der Waals surface area contributed by atoms with Crippen LogP contribution in [0.1, 0.15) is 21.1 Å². The van der Waals surface area contributed by atoms with Crippen LogP contribution in [0.3, 0.4) is 0 Å². The average molecular weight is 448 g/mol. The Bertz CT molecular complexity index is 1160. The summed E-state index contributed by atoms with van der Waals surface area (Å²) in [6, 6.07) is 11.5. The van der Waals surface area contributed by atoms with Crippen molar-refractivity contribution in [2.45, 2.75) is 13.5 Å². The van der Waals surface area contributed by atoms with Crippen molar-refractivity contribution >= 4 is 38.6 Å². The first kappa shape index (κ1) is 21.6.